The van der Waals surface area contributed by atoms with Gasteiger partial charge in [-0.25, -0.2) is 4.39 Å². The van der Waals surface area contributed by atoms with E-state index >= 15 is 0 Å². The first-order chi connectivity index (χ1) is 8.60. The Bertz CT molecular complexity index is 536. The lowest BCUT2D eigenvalue weighted by molar-refractivity contribution is 0.175. The minimum absolute atomic E-state index is 0.328. The predicted molar refractivity (Wildman–Crippen MR) is 67.6 cm³/mol. The molecule has 0 bridgehead atoms. The van der Waals surface area contributed by atoms with Crippen LogP contribution in [0, 0.1) is 5.82 Å². The summed E-state index contributed by atoms with van der Waals surface area (Å²) in [4.78, 5) is 0. The second-order valence-electron chi connectivity index (χ2n) is 4.38. The van der Waals surface area contributed by atoms with E-state index in [1.807, 2.05) is 20.0 Å². The van der Waals surface area contributed by atoms with E-state index in [-0.39, 0.29) is 5.82 Å². The fourth-order valence-electron chi connectivity index (χ4n) is 1.97. The van der Waals surface area contributed by atoms with Gasteiger partial charge >= 0.3 is 0 Å². The molecule has 3 nitrogen and oxygen atoms in total. The van der Waals surface area contributed by atoms with Crippen molar-refractivity contribution in [3.8, 4) is 0 Å². The Morgan fingerprint density at radius 3 is 2.78 bits per heavy atom. The van der Waals surface area contributed by atoms with Gasteiger partial charge < -0.3 is 5.11 Å². The number of halogens is 1. The smallest absolute Gasteiger partial charge is 0.123 e. The summed E-state index contributed by atoms with van der Waals surface area (Å²) >= 11 is 0. The van der Waals surface area contributed by atoms with Gasteiger partial charge in [0, 0.05) is 19.2 Å². The van der Waals surface area contributed by atoms with Crippen molar-refractivity contribution in [2.24, 2.45) is 7.05 Å². The fraction of sp³-hybridized carbons (Fsp3) is 0.357. The molecule has 0 aliphatic rings. The number of aliphatic hydroxyl groups excluding tert-OH is 1. The first kappa shape index (κ1) is 12.8. The summed E-state index contributed by atoms with van der Waals surface area (Å²) in [5.41, 5.74) is 2.54. The van der Waals surface area contributed by atoms with Crippen LogP contribution in [0.1, 0.15) is 30.0 Å². The molecule has 0 radical (unpaired) electrons. The van der Waals surface area contributed by atoms with Crippen molar-refractivity contribution < 1.29 is 9.50 Å². The van der Waals surface area contributed by atoms with Crippen LogP contribution in [0.25, 0.3) is 0 Å². The minimum Gasteiger partial charge on any atom is -0.388 e. The number of benzene rings is 1. The largest absolute Gasteiger partial charge is 0.388 e. The third kappa shape index (κ3) is 2.76. The second kappa shape index (κ2) is 5.31. The van der Waals surface area contributed by atoms with E-state index in [0.717, 1.165) is 17.8 Å². The maximum absolute atomic E-state index is 13.1. The lowest BCUT2D eigenvalue weighted by atomic mass is 10.0. The quantitative estimate of drug-likeness (QED) is 0.902. The molecule has 0 spiro atoms. The normalized spacial score (nSPS) is 12.7. The summed E-state index contributed by atoms with van der Waals surface area (Å²) in [5.74, 6) is -0.328. The molecule has 1 atom stereocenters. The second-order valence-corrected chi connectivity index (χ2v) is 4.38. The fourth-order valence-corrected chi connectivity index (χ4v) is 1.97. The number of hydrogen-bond donors (Lipinski definition) is 1. The maximum Gasteiger partial charge on any atom is 0.123 e. The van der Waals surface area contributed by atoms with Crippen LogP contribution in [0.2, 0.25) is 0 Å². The Morgan fingerprint density at radius 2 is 2.17 bits per heavy atom. The molecule has 0 saturated heterocycles. The van der Waals surface area contributed by atoms with Crippen molar-refractivity contribution in [1.82, 2.24) is 9.78 Å². The molecule has 1 aromatic heterocycles. The van der Waals surface area contributed by atoms with Gasteiger partial charge in [-0.05, 0) is 30.2 Å². The standard InChI is InChI=1S/C14H17FN2O/c1-3-12-8-13(17(2)16-12)9-14(18)10-5-4-6-11(15)7-10/h4-8,14,18H,3,9H2,1-2H3. The van der Waals surface area contributed by atoms with Crippen LogP contribution in [-0.2, 0) is 19.9 Å². The number of hydrogen-bond acceptors (Lipinski definition) is 2. The lowest BCUT2D eigenvalue weighted by Gasteiger charge is -2.11. The van der Waals surface area contributed by atoms with Gasteiger partial charge in [-0.3, -0.25) is 4.68 Å². The molecule has 1 N–H and O–H groups in total. The summed E-state index contributed by atoms with van der Waals surface area (Å²) in [6, 6.07) is 8.04. The van der Waals surface area contributed by atoms with Crippen LogP contribution in [0.4, 0.5) is 4.39 Å². The van der Waals surface area contributed by atoms with Crippen LogP contribution in [0.5, 0.6) is 0 Å². The number of nitrogens with zero attached hydrogens (tertiary/aromatic N) is 2. The zero-order chi connectivity index (χ0) is 13.1. The van der Waals surface area contributed by atoms with Crippen molar-refractivity contribution >= 4 is 0 Å². The van der Waals surface area contributed by atoms with Gasteiger partial charge in [-0.1, -0.05) is 19.1 Å². The summed E-state index contributed by atoms with van der Waals surface area (Å²) < 4.78 is 14.8. The van der Waals surface area contributed by atoms with Crippen LogP contribution >= 0.6 is 0 Å². The molecular formula is C14H17FN2O. The van der Waals surface area contributed by atoms with Gasteiger partial charge in [0.05, 0.1) is 11.8 Å². The van der Waals surface area contributed by atoms with Crippen LogP contribution in [0.15, 0.2) is 30.3 Å². The molecule has 0 aliphatic heterocycles. The molecule has 0 saturated carbocycles. The Kier molecular flexibility index (Phi) is 3.77. The Hall–Kier alpha value is -1.68. The van der Waals surface area contributed by atoms with E-state index in [2.05, 4.69) is 5.10 Å². The van der Waals surface area contributed by atoms with Crippen molar-refractivity contribution in [1.29, 1.82) is 0 Å². The SMILES string of the molecule is CCc1cc(CC(O)c2cccc(F)c2)n(C)n1. The van der Waals surface area contributed by atoms with Gasteiger partial charge in [-0.2, -0.15) is 5.10 Å². The number of aromatic nitrogens is 2. The zero-order valence-electron chi connectivity index (χ0n) is 10.6. The van der Waals surface area contributed by atoms with Crippen molar-refractivity contribution in [3.05, 3.63) is 53.1 Å². The number of aryl methyl sites for hydroxylation is 2. The van der Waals surface area contributed by atoms with E-state index in [1.54, 1.807) is 16.8 Å². The third-order valence-electron chi connectivity index (χ3n) is 3.03. The molecule has 0 amide bonds. The average Bonchev–Trinajstić information content (AvgIpc) is 2.70. The summed E-state index contributed by atoms with van der Waals surface area (Å²) in [5, 5.41) is 14.4. The predicted octanol–water partition coefficient (Wildman–Crippen LogP) is 2.40. The molecule has 0 fully saturated rings. The molecule has 2 aromatic rings. The van der Waals surface area contributed by atoms with Crippen molar-refractivity contribution in [3.63, 3.8) is 0 Å². The molecule has 1 heterocycles. The third-order valence-corrected chi connectivity index (χ3v) is 3.03. The molecule has 0 aliphatic carbocycles. The van der Waals surface area contributed by atoms with Crippen molar-refractivity contribution in [2.45, 2.75) is 25.9 Å². The first-order valence-electron chi connectivity index (χ1n) is 6.05. The zero-order valence-corrected chi connectivity index (χ0v) is 10.6. The Morgan fingerprint density at radius 1 is 1.39 bits per heavy atom. The van der Waals surface area contributed by atoms with Crippen LogP contribution in [-0.4, -0.2) is 14.9 Å². The monoisotopic (exact) mass is 248 g/mol. The maximum atomic E-state index is 13.1. The van der Waals surface area contributed by atoms with E-state index in [1.165, 1.54) is 12.1 Å². The highest BCUT2D eigenvalue weighted by molar-refractivity contribution is 5.21. The minimum atomic E-state index is -0.708. The molecule has 2 rings (SSSR count). The van der Waals surface area contributed by atoms with Gasteiger partial charge in [0.1, 0.15) is 5.82 Å². The van der Waals surface area contributed by atoms with Gasteiger partial charge in [0.25, 0.3) is 0 Å². The van der Waals surface area contributed by atoms with E-state index < -0.39 is 6.10 Å². The van der Waals surface area contributed by atoms with Gasteiger partial charge in [0.2, 0.25) is 0 Å². The molecule has 1 aromatic carbocycles. The summed E-state index contributed by atoms with van der Waals surface area (Å²) in [6.45, 7) is 2.04. The van der Waals surface area contributed by atoms with Crippen LogP contribution in [0.3, 0.4) is 0 Å². The molecule has 96 valence electrons. The van der Waals surface area contributed by atoms with Crippen molar-refractivity contribution in [2.75, 3.05) is 0 Å². The lowest BCUT2D eigenvalue weighted by Crippen LogP contribution is -2.06. The number of aliphatic hydroxyl groups is 1. The Balaban J connectivity index is 2.15. The van der Waals surface area contributed by atoms with E-state index in [0.29, 0.717) is 12.0 Å². The molecule has 1 unspecified atom stereocenters. The van der Waals surface area contributed by atoms with Gasteiger partial charge in [-0.15, -0.1) is 0 Å². The highest BCUT2D eigenvalue weighted by atomic mass is 19.1. The van der Waals surface area contributed by atoms with Crippen LogP contribution < -0.4 is 0 Å². The first-order valence-corrected chi connectivity index (χ1v) is 6.05. The molecule has 4 heteroatoms. The molecule has 18 heavy (non-hydrogen) atoms. The summed E-state index contributed by atoms with van der Waals surface area (Å²) in [6.07, 6.45) is 0.595. The molecular weight excluding hydrogens is 231 g/mol. The Labute approximate surface area is 106 Å². The topological polar surface area (TPSA) is 38.0 Å². The number of rotatable bonds is 4. The highest BCUT2D eigenvalue weighted by Crippen LogP contribution is 2.19. The summed E-state index contributed by atoms with van der Waals surface area (Å²) in [7, 11) is 1.85. The van der Waals surface area contributed by atoms with Gasteiger partial charge in [0.15, 0.2) is 0 Å². The average molecular weight is 248 g/mol. The highest BCUT2D eigenvalue weighted by Gasteiger charge is 2.12. The van der Waals surface area contributed by atoms with E-state index in [9.17, 15) is 9.50 Å². The van der Waals surface area contributed by atoms with E-state index in [4.69, 9.17) is 0 Å².